The van der Waals surface area contributed by atoms with Crippen LogP contribution in [0.5, 0.6) is 5.75 Å². The van der Waals surface area contributed by atoms with Gasteiger partial charge in [-0.25, -0.2) is 0 Å². The summed E-state index contributed by atoms with van der Waals surface area (Å²) in [6.07, 6.45) is 0. The number of hydrogen-bond donors (Lipinski definition) is 1. The number of para-hydroxylation sites is 1. The van der Waals surface area contributed by atoms with Crippen LogP contribution >= 0.6 is 11.3 Å². The fourth-order valence-corrected chi connectivity index (χ4v) is 3.97. The van der Waals surface area contributed by atoms with E-state index in [1.807, 2.05) is 31.2 Å². The van der Waals surface area contributed by atoms with Crippen LogP contribution in [0.4, 0.5) is 11.4 Å². The van der Waals surface area contributed by atoms with Crippen LogP contribution < -0.4 is 10.1 Å². The van der Waals surface area contributed by atoms with Gasteiger partial charge >= 0.3 is 0 Å². The van der Waals surface area contributed by atoms with E-state index in [-0.39, 0.29) is 0 Å². The van der Waals surface area contributed by atoms with E-state index in [0.717, 1.165) is 39.3 Å². The maximum atomic E-state index is 5.53. The average Bonchev–Trinajstić information content (AvgIpc) is 3.08. The van der Waals surface area contributed by atoms with Crippen molar-refractivity contribution in [3.63, 3.8) is 0 Å². The van der Waals surface area contributed by atoms with Crippen molar-refractivity contribution in [1.82, 2.24) is 4.98 Å². The van der Waals surface area contributed by atoms with Crippen LogP contribution in [0.1, 0.15) is 11.3 Å². The second-order valence-corrected chi connectivity index (χ2v) is 7.30. The first-order valence-corrected chi connectivity index (χ1v) is 9.38. The van der Waals surface area contributed by atoms with Crippen molar-refractivity contribution in [2.75, 3.05) is 12.4 Å². The molecule has 2 aromatic heterocycles. The number of ether oxygens (including phenoxy) is 1. The van der Waals surface area contributed by atoms with E-state index in [9.17, 15) is 0 Å². The fraction of sp³-hybridized carbons (Fsp3) is 0.136. The fourth-order valence-electron chi connectivity index (χ4n) is 3.08. The number of aryl methyl sites for hydroxylation is 2. The minimum Gasteiger partial charge on any atom is -0.497 e. The second kappa shape index (κ2) is 6.81. The molecule has 0 aliphatic heterocycles. The first-order valence-electron chi connectivity index (χ1n) is 8.50. The molecule has 1 N–H and O–H groups in total. The van der Waals surface area contributed by atoms with E-state index in [1.54, 1.807) is 18.4 Å². The van der Waals surface area contributed by atoms with Crippen molar-refractivity contribution in [1.29, 1.82) is 0 Å². The number of benzene rings is 2. The van der Waals surface area contributed by atoms with Gasteiger partial charge in [0, 0.05) is 33.4 Å². The second-order valence-electron chi connectivity index (χ2n) is 6.39. The van der Waals surface area contributed by atoms with E-state index in [0.29, 0.717) is 0 Å². The van der Waals surface area contributed by atoms with Gasteiger partial charge in [0.05, 0.1) is 12.6 Å². The smallest absolute Gasteiger partial charge is 0.121 e. The monoisotopic (exact) mass is 360 g/mol. The third-order valence-electron chi connectivity index (χ3n) is 4.28. The van der Waals surface area contributed by atoms with Crippen molar-refractivity contribution < 1.29 is 4.74 Å². The van der Waals surface area contributed by atoms with Gasteiger partial charge in [-0.3, -0.25) is 4.98 Å². The van der Waals surface area contributed by atoms with Crippen molar-refractivity contribution in [2.24, 2.45) is 0 Å². The molecule has 0 bridgehead atoms. The average molecular weight is 360 g/mol. The predicted molar refractivity (Wildman–Crippen MR) is 111 cm³/mol. The lowest BCUT2D eigenvalue weighted by molar-refractivity contribution is 0.415. The molecule has 2 heterocycles. The third-order valence-corrected chi connectivity index (χ3v) is 5.38. The molecule has 130 valence electrons. The Kier molecular flexibility index (Phi) is 4.35. The molecule has 3 nitrogen and oxygen atoms in total. The SMILES string of the molecule is COc1cc(Nc2cc(C)nc3ccccc23)cc(-c2cc(C)cs2)c1. The topological polar surface area (TPSA) is 34.1 Å². The van der Waals surface area contributed by atoms with Gasteiger partial charge in [0.1, 0.15) is 5.75 Å². The minimum absolute atomic E-state index is 0.839. The van der Waals surface area contributed by atoms with E-state index < -0.39 is 0 Å². The number of methoxy groups -OCH3 is 1. The highest BCUT2D eigenvalue weighted by Gasteiger charge is 2.09. The Morgan fingerprint density at radius 3 is 2.62 bits per heavy atom. The first kappa shape index (κ1) is 16.6. The predicted octanol–water partition coefficient (Wildman–Crippen LogP) is 6.33. The molecule has 0 aliphatic carbocycles. The van der Waals surface area contributed by atoms with Crippen molar-refractivity contribution in [3.05, 3.63) is 71.2 Å². The van der Waals surface area contributed by atoms with Crippen molar-refractivity contribution in [2.45, 2.75) is 13.8 Å². The Morgan fingerprint density at radius 1 is 1.00 bits per heavy atom. The van der Waals surface area contributed by atoms with Gasteiger partial charge in [-0.05, 0) is 60.7 Å². The summed E-state index contributed by atoms with van der Waals surface area (Å²) in [5.41, 5.74) is 6.46. The number of nitrogens with one attached hydrogen (secondary N) is 1. The molecule has 4 rings (SSSR count). The number of rotatable bonds is 4. The summed E-state index contributed by atoms with van der Waals surface area (Å²) >= 11 is 1.75. The molecular weight excluding hydrogens is 340 g/mol. The van der Waals surface area contributed by atoms with Gasteiger partial charge in [-0.1, -0.05) is 18.2 Å². The lowest BCUT2D eigenvalue weighted by Gasteiger charge is -2.13. The largest absolute Gasteiger partial charge is 0.497 e. The maximum Gasteiger partial charge on any atom is 0.121 e. The minimum atomic E-state index is 0.839. The molecule has 0 unspecified atom stereocenters. The summed E-state index contributed by atoms with van der Waals surface area (Å²) in [7, 11) is 1.70. The third kappa shape index (κ3) is 3.28. The summed E-state index contributed by atoms with van der Waals surface area (Å²) in [4.78, 5) is 5.85. The number of anilines is 2. The zero-order valence-electron chi connectivity index (χ0n) is 15.0. The van der Waals surface area contributed by atoms with Gasteiger partial charge < -0.3 is 10.1 Å². The Hall–Kier alpha value is -2.85. The van der Waals surface area contributed by atoms with Gasteiger partial charge in [-0.2, -0.15) is 0 Å². The molecule has 0 fully saturated rings. The summed E-state index contributed by atoms with van der Waals surface area (Å²) < 4.78 is 5.53. The number of hydrogen-bond acceptors (Lipinski definition) is 4. The zero-order chi connectivity index (χ0) is 18.1. The molecule has 4 aromatic rings. The molecule has 0 spiro atoms. The molecule has 0 atom stereocenters. The van der Waals surface area contributed by atoms with Crippen LogP contribution in [0.25, 0.3) is 21.3 Å². The van der Waals surface area contributed by atoms with Gasteiger partial charge in [-0.15, -0.1) is 11.3 Å². The Bertz CT molecular complexity index is 1080. The van der Waals surface area contributed by atoms with Crippen molar-refractivity contribution >= 4 is 33.6 Å². The van der Waals surface area contributed by atoms with Gasteiger partial charge in [0.15, 0.2) is 0 Å². The number of nitrogens with zero attached hydrogens (tertiary/aromatic N) is 1. The Labute approximate surface area is 157 Å². The molecule has 0 amide bonds. The molecule has 0 saturated carbocycles. The van der Waals surface area contributed by atoms with E-state index >= 15 is 0 Å². The molecule has 0 saturated heterocycles. The summed E-state index contributed by atoms with van der Waals surface area (Å²) in [6, 6.07) is 18.7. The van der Waals surface area contributed by atoms with E-state index in [2.05, 4.69) is 52.9 Å². The summed E-state index contributed by atoms with van der Waals surface area (Å²) in [5, 5.41) is 6.84. The number of thiophene rings is 1. The van der Waals surface area contributed by atoms with E-state index in [4.69, 9.17) is 4.74 Å². The Morgan fingerprint density at radius 2 is 1.85 bits per heavy atom. The van der Waals surface area contributed by atoms with Gasteiger partial charge in [0.2, 0.25) is 0 Å². The van der Waals surface area contributed by atoms with Crippen LogP contribution in [-0.2, 0) is 0 Å². The molecule has 0 radical (unpaired) electrons. The van der Waals surface area contributed by atoms with Crippen LogP contribution in [0, 0.1) is 13.8 Å². The standard InChI is InChI=1S/C22H20N2OS/c1-14-8-22(26-13-14)16-10-17(12-18(11-16)25-3)24-21-9-15(2)23-20-7-5-4-6-19(20)21/h4-13H,1-3H3,(H,23,24). The highest BCUT2D eigenvalue weighted by molar-refractivity contribution is 7.13. The molecular formula is C22H20N2OS. The van der Waals surface area contributed by atoms with Gasteiger partial charge in [0.25, 0.3) is 0 Å². The number of pyridine rings is 1. The lowest BCUT2D eigenvalue weighted by Crippen LogP contribution is -1.96. The number of fused-ring (bicyclic) bond motifs is 1. The molecule has 2 aromatic carbocycles. The quantitative estimate of drug-likeness (QED) is 0.461. The van der Waals surface area contributed by atoms with Crippen LogP contribution in [0.3, 0.4) is 0 Å². The Balaban J connectivity index is 1.79. The summed E-state index contributed by atoms with van der Waals surface area (Å²) in [6.45, 7) is 4.13. The zero-order valence-corrected chi connectivity index (χ0v) is 15.9. The lowest BCUT2D eigenvalue weighted by atomic mass is 10.1. The normalized spacial score (nSPS) is 10.9. The first-order chi connectivity index (χ1) is 12.6. The molecule has 4 heteroatoms. The maximum absolute atomic E-state index is 5.53. The van der Waals surface area contributed by atoms with Crippen molar-refractivity contribution in [3.8, 4) is 16.2 Å². The highest BCUT2D eigenvalue weighted by atomic mass is 32.1. The molecule has 0 aliphatic rings. The van der Waals surface area contributed by atoms with Crippen LogP contribution in [0.2, 0.25) is 0 Å². The van der Waals surface area contributed by atoms with E-state index in [1.165, 1.54) is 10.4 Å². The van der Waals surface area contributed by atoms with Crippen LogP contribution in [0.15, 0.2) is 60.0 Å². The number of aromatic nitrogens is 1. The molecule has 26 heavy (non-hydrogen) atoms. The van der Waals surface area contributed by atoms with Crippen LogP contribution in [-0.4, -0.2) is 12.1 Å². The summed E-state index contributed by atoms with van der Waals surface area (Å²) in [5.74, 6) is 0.839. The highest BCUT2D eigenvalue weighted by Crippen LogP contribution is 2.34.